The predicted octanol–water partition coefficient (Wildman–Crippen LogP) is 2.54. The second kappa shape index (κ2) is 10.8. The van der Waals surface area contributed by atoms with Crippen molar-refractivity contribution in [3.05, 3.63) is 34.5 Å². The molecule has 8 nitrogen and oxygen atoms in total. The SMILES string of the molecule is CC.O=NC(=O)CN1CCC(c2ccc(NC3CCC(=O)NC3=O)cc2F)CC1. The molecule has 1 aromatic rings. The Bertz CT molecular complexity index is 763. The zero-order valence-electron chi connectivity index (χ0n) is 16.7. The van der Waals surface area contributed by atoms with Crippen molar-refractivity contribution in [1.29, 1.82) is 0 Å². The van der Waals surface area contributed by atoms with Crippen LogP contribution >= 0.6 is 0 Å². The molecule has 0 radical (unpaired) electrons. The predicted molar refractivity (Wildman–Crippen MR) is 107 cm³/mol. The summed E-state index contributed by atoms with van der Waals surface area (Å²) in [6, 6.07) is 4.25. The Morgan fingerprint density at radius 2 is 1.93 bits per heavy atom. The number of imide groups is 1. The lowest BCUT2D eigenvalue weighted by Crippen LogP contribution is -2.47. The van der Waals surface area contributed by atoms with E-state index in [0.29, 0.717) is 43.6 Å². The molecule has 2 saturated heterocycles. The average Bonchev–Trinajstić information content (AvgIpc) is 2.72. The minimum atomic E-state index is -0.691. The first kappa shape index (κ1) is 22.6. The summed E-state index contributed by atoms with van der Waals surface area (Å²) in [4.78, 5) is 46.1. The first-order valence-corrected chi connectivity index (χ1v) is 9.94. The Kier molecular flexibility index (Phi) is 8.38. The van der Waals surface area contributed by atoms with Crippen molar-refractivity contribution in [3.8, 4) is 0 Å². The van der Waals surface area contributed by atoms with E-state index in [-0.39, 0.29) is 30.6 Å². The van der Waals surface area contributed by atoms with E-state index in [0.717, 1.165) is 0 Å². The van der Waals surface area contributed by atoms with E-state index in [2.05, 4.69) is 15.8 Å². The number of likely N-dealkylation sites (tertiary alicyclic amines) is 1. The number of carbonyl (C=O) groups is 3. The van der Waals surface area contributed by atoms with Gasteiger partial charge in [-0.05, 0) is 56.0 Å². The van der Waals surface area contributed by atoms with Crippen LogP contribution in [0, 0.1) is 10.7 Å². The Morgan fingerprint density at radius 1 is 1.24 bits per heavy atom. The molecule has 2 aliphatic rings. The van der Waals surface area contributed by atoms with E-state index in [1.54, 1.807) is 12.1 Å². The van der Waals surface area contributed by atoms with Gasteiger partial charge in [0, 0.05) is 17.3 Å². The van der Waals surface area contributed by atoms with Gasteiger partial charge in [0.1, 0.15) is 11.9 Å². The van der Waals surface area contributed by atoms with Gasteiger partial charge in [0.25, 0.3) is 5.91 Å². The number of rotatable bonds is 5. The van der Waals surface area contributed by atoms with Crippen LogP contribution in [0.25, 0.3) is 0 Å². The van der Waals surface area contributed by atoms with E-state index in [4.69, 9.17) is 0 Å². The zero-order chi connectivity index (χ0) is 21.4. The van der Waals surface area contributed by atoms with Crippen LogP contribution in [-0.2, 0) is 14.4 Å². The number of anilines is 1. The lowest BCUT2D eigenvalue weighted by molar-refractivity contribution is -0.133. The molecule has 2 aliphatic heterocycles. The van der Waals surface area contributed by atoms with Crippen molar-refractivity contribution in [2.24, 2.45) is 5.18 Å². The smallest absolute Gasteiger partial charge is 0.300 e. The fourth-order valence-electron chi connectivity index (χ4n) is 3.60. The number of carbonyl (C=O) groups excluding carboxylic acids is 3. The van der Waals surface area contributed by atoms with Crippen LogP contribution in [0.4, 0.5) is 10.1 Å². The number of benzene rings is 1. The van der Waals surface area contributed by atoms with Crippen LogP contribution in [0.2, 0.25) is 0 Å². The molecule has 158 valence electrons. The summed E-state index contributed by atoms with van der Waals surface area (Å²) in [6.45, 7) is 5.21. The molecule has 0 bridgehead atoms. The number of amides is 3. The van der Waals surface area contributed by atoms with Crippen molar-refractivity contribution < 1.29 is 18.8 Å². The third kappa shape index (κ3) is 6.15. The quantitative estimate of drug-likeness (QED) is 0.575. The van der Waals surface area contributed by atoms with Gasteiger partial charge >= 0.3 is 0 Å². The molecule has 2 fully saturated rings. The van der Waals surface area contributed by atoms with Crippen molar-refractivity contribution in [3.63, 3.8) is 0 Å². The Hall–Kier alpha value is -2.68. The van der Waals surface area contributed by atoms with E-state index < -0.39 is 17.9 Å². The second-order valence-electron chi connectivity index (χ2n) is 6.92. The Balaban J connectivity index is 0.00000145. The number of hydrogen-bond donors (Lipinski definition) is 2. The van der Waals surface area contributed by atoms with Gasteiger partial charge in [-0.25, -0.2) is 4.39 Å². The van der Waals surface area contributed by atoms with E-state index in [1.165, 1.54) is 6.07 Å². The Morgan fingerprint density at radius 3 is 2.52 bits per heavy atom. The van der Waals surface area contributed by atoms with Gasteiger partial charge in [0.05, 0.1) is 6.54 Å². The normalized spacial score (nSPS) is 20.3. The second-order valence-corrected chi connectivity index (χ2v) is 6.92. The topological polar surface area (TPSA) is 108 Å². The molecule has 9 heteroatoms. The lowest BCUT2D eigenvalue weighted by Gasteiger charge is -2.31. The summed E-state index contributed by atoms with van der Waals surface area (Å²) in [5.74, 6) is -1.70. The summed E-state index contributed by atoms with van der Waals surface area (Å²) in [7, 11) is 0. The highest BCUT2D eigenvalue weighted by Gasteiger charge is 2.27. The van der Waals surface area contributed by atoms with Gasteiger partial charge in [-0.15, -0.1) is 4.91 Å². The highest BCUT2D eigenvalue weighted by Crippen LogP contribution is 2.31. The zero-order valence-corrected chi connectivity index (χ0v) is 16.7. The molecule has 1 aromatic carbocycles. The molecule has 2 N–H and O–H groups in total. The first-order valence-electron chi connectivity index (χ1n) is 9.94. The van der Waals surface area contributed by atoms with Gasteiger partial charge in [0.2, 0.25) is 11.8 Å². The molecule has 2 heterocycles. The maximum Gasteiger partial charge on any atom is 0.300 e. The maximum absolute atomic E-state index is 14.6. The van der Waals surface area contributed by atoms with Crippen LogP contribution in [0.1, 0.15) is 51.0 Å². The molecule has 0 aliphatic carbocycles. The van der Waals surface area contributed by atoms with Crippen LogP contribution in [0.5, 0.6) is 0 Å². The van der Waals surface area contributed by atoms with Crippen LogP contribution < -0.4 is 10.6 Å². The molecule has 1 atom stereocenters. The standard InChI is InChI=1S/C18H21FN4O4.C2H6/c19-14-9-12(20-15-3-4-16(24)21-18(15)26)1-2-13(14)11-5-7-23(8-6-11)10-17(25)22-27;1-2/h1-2,9,11,15,20H,3-8,10H2,(H,21,24,26);1-2H3. The van der Waals surface area contributed by atoms with Gasteiger partial charge in [-0.3, -0.25) is 24.6 Å². The molecule has 0 aromatic heterocycles. The number of nitrogens with one attached hydrogen (secondary N) is 2. The van der Waals surface area contributed by atoms with Crippen molar-refractivity contribution in [2.75, 3.05) is 25.0 Å². The number of halogens is 1. The van der Waals surface area contributed by atoms with Crippen LogP contribution in [0.15, 0.2) is 23.4 Å². The highest BCUT2D eigenvalue weighted by atomic mass is 19.1. The molecule has 0 saturated carbocycles. The summed E-state index contributed by atoms with van der Waals surface area (Å²) in [5, 5.41) is 7.62. The summed E-state index contributed by atoms with van der Waals surface area (Å²) >= 11 is 0. The van der Waals surface area contributed by atoms with Gasteiger partial charge in [0.15, 0.2) is 0 Å². The summed E-state index contributed by atoms with van der Waals surface area (Å²) < 4.78 is 14.6. The van der Waals surface area contributed by atoms with E-state index >= 15 is 0 Å². The molecular weight excluding hydrogens is 379 g/mol. The van der Waals surface area contributed by atoms with Crippen molar-refractivity contribution in [2.45, 2.75) is 51.5 Å². The van der Waals surface area contributed by atoms with E-state index in [1.807, 2.05) is 18.7 Å². The summed E-state index contributed by atoms with van der Waals surface area (Å²) in [5.41, 5.74) is 1.09. The van der Waals surface area contributed by atoms with Crippen molar-refractivity contribution in [1.82, 2.24) is 10.2 Å². The maximum atomic E-state index is 14.6. The van der Waals surface area contributed by atoms with E-state index in [9.17, 15) is 23.7 Å². The minimum Gasteiger partial charge on any atom is -0.374 e. The fraction of sp³-hybridized carbons (Fsp3) is 0.550. The first-order chi connectivity index (χ1) is 14.0. The van der Waals surface area contributed by atoms with Gasteiger partial charge in [-0.2, -0.15) is 0 Å². The number of hydrogen-bond acceptors (Lipinski definition) is 6. The molecule has 29 heavy (non-hydrogen) atoms. The van der Waals surface area contributed by atoms with Crippen LogP contribution in [0.3, 0.4) is 0 Å². The number of nitrogens with zero attached hydrogens (tertiary/aromatic N) is 2. The number of piperidine rings is 2. The number of nitroso groups, excluding NO2 is 1. The molecule has 0 spiro atoms. The third-order valence-electron chi connectivity index (χ3n) is 5.07. The average molecular weight is 406 g/mol. The summed E-state index contributed by atoms with van der Waals surface area (Å²) in [6.07, 6.45) is 2.00. The fourth-order valence-corrected chi connectivity index (χ4v) is 3.60. The largest absolute Gasteiger partial charge is 0.374 e. The van der Waals surface area contributed by atoms with Gasteiger partial charge < -0.3 is 5.32 Å². The third-order valence-corrected chi connectivity index (χ3v) is 5.07. The molecule has 3 rings (SSSR count). The monoisotopic (exact) mass is 406 g/mol. The lowest BCUT2D eigenvalue weighted by atomic mass is 9.89. The van der Waals surface area contributed by atoms with Crippen molar-refractivity contribution >= 4 is 23.4 Å². The minimum absolute atomic E-state index is 0.00746. The highest BCUT2D eigenvalue weighted by molar-refractivity contribution is 6.01. The molecule has 1 unspecified atom stereocenters. The molecule has 3 amide bonds. The van der Waals surface area contributed by atoms with Crippen LogP contribution in [-0.4, -0.2) is 48.3 Å². The Labute approximate surface area is 169 Å². The van der Waals surface area contributed by atoms with Gasteiger partial charge in [-0.1, -0.05) is 19.9 Å². The molecular formula is C20H27FN4O4.